The van der Waals surface area contributed by atoms with Gasteiger partial charge < -0.3 is 20.1 Å². The number of aromatic nitrogens is 1. The van der Waals surface area contributed by atoms with E-state index in [4.69, 9.17) is 9.47 Å². The molecule has 0 aliphatic carbocycles. The molecule has 0 atom stereocenters. The van der Waals surface area contributed by atoms with Gasteiger partial charge in [0.25, 0.3) is 0 Å². The Hall–Kier alpha value is -2.03. The summed E-state index contributed by atoms with van der Waals surface area (Å²) in [5.41, 5.74) is 5.43. The molecule has 2 aromatic rings. The summed E-state index contributed by atoms with van der Waals surface area (Å²) in [4.78, 5) is 8.80. The van der Waals surface area contributed by atoms with E-state index >= 15 is 0 Å². The summed E-state index contributed by atoms with van der Waals surface area (Å²) in [7, 11) is 5.15. The van der Waals surface area contributed by atoms with Gasteiger partial charge in [-0.2, -0.15) is 0 Å². The van der Waals surface area contributed by atoms with E-state index in [1.165, 1.54) is 11.1 Å². The molecule has 0 radical (unpaired) electrons. The van der Waals surface area contributed by atoms with E-state index in [0.29, 0.717) is 6.54 Å². The Morgan fingerprint density at radius 3 is 2.50 bits per heavy atom. The van der Waals surface area contributed by atoms with Crippen LogP contribution in [0.25, 0.3) is 0 Å². The second-order valence-electron chi connectivity index (χ2n) is 6.46. The van der Waals surface area contributed by atoms with Crippen LogP contribution >= 0.6 is 24.0 Å². The molecular weight excluding hydrogens is 467 g/mol. The highest BCUT2D eigenvalue weighted by atomic mass is 127. The highest BCUT2D eigenvalue weighted by molar-refractivity contribution is 14.0. The lowest BCUT2D eigenvalue weighted by atomic mass is 10.1. The average molecular weight is 498 g/mol. The zero-order valence-electron chi connectivity index (χ0n) is 17.5. The van der Waals surface area contributed by atoms with Gasteiger partial charge in [0.1, 0.15) is 11.5 Å². The Morgan fingerprint density at radius 1 is 1.11 bits per heavy atom. The minimum absolute atomic E-state index is 0. The Morgan fingerprint density at radius 2 is 1.86 bits per heavy atom. The first kappa shape index (κ1) is 24.0. The van der Waals surface area contributed by atoms with Gasteiger partial charge in [0.15, 0.2) is 5.96 Å². The quantitative estimate of drug-likeness (QED) is 0.347. The SMILES string of the molecule is CN=C(NCCc1cc(C)ccc1OC)NCc1ncc(C)c(OC)c1C.I. The van der Waals surface area contributed by atoms with Crippen LogP contribution in [0.5, 0.6) is 11.5 Å². The Balaban J connectivity index is 0.00000392. The van der Waals surface area contributed by atoms with Gasteiger partial charge in [0, 0.05) is 30.9 Å². The number of methoxy groups -OCH3 is 2. The summed E-state index contributed by atoms with van der Waals surface area (Å²) in [5.74, 6) is 2.54. The molecule has 154 valence electrons. The van der Waals surface area contributed by atoms with Gasteiger partial charge in [0.2, 0.25) is 0 Å². The van der Waals surface area contributed by atoms with Gasteiger partial charge in [-0.3, -0.25) is 9.98 Å². The second kappa shape index (κ2) is 11.7. The zero-order chi connectivity index (χ0) is 19.8. The summed E-state index contributed by atoms with van der Waals surface area (Å²) in [6.45, 7) is 7.44. The number of hydrogen-bond acceptors (Lipinski definition) is 4. The van der Waals surface area contributed by atoms with E-state index in [0.717, 1.165) is 47.2 Å². The molecule has 2 rings (SSSR count). The van der Waals surface area contributed by atoms with Gasteiger partial charge in [0.05, 0.1) is 26.5 Å². The van der Waals surface area contributed by atoms with Crippen LogP contribution in [0.2, 0.25) is 0 Å². The van der Waals surface area contributed by atoms with Crippen LogP contribution in [0.15, 0.2) is 29.4 Å². The third-order valence-electron chi connectivity index (χ3n) is 4.52. The summed E-state index contributed by atoms with van der Waals surface area (Å²) in [5, 5.41) is 6.66. The first-order valence-corrected chi connectivity index (χ1v) is 9.07. The molecule has 28 heavy (non-hydrogen) atoms. The summed E-state index contributed by atoms with van der Waals surface area (Å²) in [6.07, 6.45) is 2.68. The molecule has 0 aliphatic heterocycles. The van der Waals surface area contributed by atoms with E-state index in [1.807, 2.05) is 26.1 Å². The van der Waals surface area contributed by atoms with Gasteiger partial charge in [-0.15, -0.1) is 24.0 Å². The molecule has 0 saturated carbocycles. The fraction of sp³-hybridized carbons (Fsp3) is 0.429. The number of pyridine rings is 1. The normalized spacial score (nSPS) is 10.9. The lowest BCUT2D eigenvalue weighted by Crippen LogP contribution is -2.38. The van der Waals surface area contributed by atoms with Crippen LogP contribution in [-0.2, 0) is 13.0 Å². The van der Waals surface area contributed by atoms with Crippen molar-refractivity contribution in [3.8, 4) is 11.5 Å². The predicted octanol–water partition coefficient (Wildman–Crippen LogP) is 3.55. The molecule has 0 fully saturated rings. The van der Waals surface area contributed by atoms with Crippen molar-refractivity contribution in [1.82, 2.24) is 15.6 Å². The third-order valence-corrected chi connectivity index (χ3v) is 4.52. The molecule has 0 aliphatic rings. The van der Waals surface area contributed by atoms with Gasteiger partial charge in [-0.1, -0.05) is 17.7 Å². The summed E-state index contributed by atoms with van der Waals surface area (Å²) in [6, 6.07) is 6.22. The largest absolute Gasteiger partial charge is 0.496 e. The first-order chi connectivity index (χ1) is 13.0. The van der Waals surface area contributed by atoms with Crippen molar-refractivity contribution in [2.75, 3.05) is 27.8 Å². The topological polar surface area (TPSA) is 67.8 Å². The second-order valence-corrected chi connectivity index (χ2v) is 6.46. The van der Waals surface area contributed by atoms with Crippen LogP contribution < -0.4 is 20.1 Å². The molecule has 0 saturated heterocycles. The highest BCUT2D eigenvalue weighted by Crippen LogP contribution is 2.23. The van der Waals surface area contributed by atoms with Gasteiger partial charge >= 0.3 is 0 Å². The Kier molecular flexibility index (Phi) is 10.1. The zero-order valence-corrected chi connectivity index (χ0v) is 19.9. The van der Waals surface area contributed by atoms with Crippen molar-refractivity contribution in [1.29, 1.82) is 0 Å². The molecule has 6 nitrogen and oxygen atoms in total. The maximum absolute atomic E-state index is 5.47. The average Bonchev–Trinajstić information content (AvgIpc) is 2.66. The number of benzene rings is 1. The van der Waals surface area contributed by atoms with Crippen LogP contribution in [-0.4, -0.2) is 38.8 Å². The first-order valence-electron chi connectivity index (χ1n) is 9.07. The molecule has 0 unspecified atom stereocenters. The molecule has 0 amide bonds. The standard InChI is InChI=1S/C21H30N4O2.HI/c1-14-7-8-19(26-5)17(11-14)9-10-23-21(22-4)25-13-18-16(3)20(27-6)15(2)12-24-18;/h7-8,11-12H,9-10,13H2,1-6H3,(H2,22,23,25);1H. The van der Waals surface area contributed by atoms with Crippen molar-refractivity contribution >= 4 is 29.9 Å². The molecule has 1 heterocycles. The van der Waals surface area contributed by atoms with Crippen LogP contribution in [0, 0.1) is 20.8 Å². The number of nitrogens with zero attached hydrogens (tertiary/aromatic N) is 2. The van der Waals surface area contributed by atoms with Crippen molar-refractivity contribution in [2.24, 2.45) is 4.99 Å². The predicted molar refractivity (Wildman–Crippen MR) is 125 cm³/mol. The van der Waals surface area contributed by atoms with E-state index in [2.05, 4.69) is 39.7 Å². The minimum Gasteiger partial charge on any atom is -0.496 e. The summed E-state index contributed by atoms with van der Waals surface area (Å²) >= 11 is 0. The van der Waals surface area contributed by atoms with E-state index in [-0.39, 0.29) is 24.0 Å². The molecule has 0 bridgehead atoms. The Labute approximate surface area is 185 Å². The Bertz CT molecular complexity index is 809. The monoisotopic (exact) mass is 498 g/mol. The van der Waals surface area contributed by atoms with Crippen LogP contribution in [0.4, 0.5) is 0 Å². The third kappa shape index (κ3) is 6.25. The molecule has 0 spiro atoms. The number of ether oxygens (including phenoxy) is 2. The summed E-state index contributed by atoms with van der Waals surface area (Å²) < 4.78 is 10.9. The highest BCUT2D eigenvalue weighted by Gasteiger charge is 2.10. The van der Waals surface area contributed by atoms with Gasteiger partial charge in [-0.05, 0) is 38.8 Å². The maximum Gasteiger partial charge on any atom is 0.191 e. The van der Waals surface area contributed by atoms with Crippen LogP contribution in [0.3, 0.4) is 0 Å². The number of aliphatic imine (C=N–C) groups is 1. The van der Waals surface area contributed by atoms with Crippen molar-refractivity contribution in [3.63, 3.8) is 0 Å². The lowest BCUT2D eigenvalue weighted by molar-refractivity contribution is 0.406. The van der Waals surface area contributed by atoms with Crippen molar-refractivity contribution in [3.05, 3.63) is 52.3 Å². The van der Waals surface area contributed by atoms with Crippen molar-refractivity contribution < 1.29 is 9.47 Å². The number of hydrogen-bond donors (Lipinski definition) is 2. The number of aryl methyl sites for hydroxylation is 2. The number of nitrogens with one attached hydrogen (secondary N) is 2. The minimum atomic E-state index is 0. The molecule has 2 N–H and O–H groups in total. The molecular formula is C21H31IN4O2. The number of rotatable bonds is 7. The fourth-order valence-corrected chi connectivity index (χ4v) is 3.06. The molecule has 1 aromatic heterocycles. The van der Waals surface area contributed by atoms with E-state index < -0.39 is 0 Å². The lowest BCUT2D eigenvalue weighted by Gasteiger charge is -2.15. The number of guanidine groups is 1. The van der Waals surface area contributed by atoms with E-state index in [1.54, 1.807) is 21.3 Å². The molecule has 1 aromatic carbocycles. The number of halogens is 1. The van der Waals surface area contributed by atoms with E-state index in [9.17, 15) is 0 Å². The van der Waals surface area contributed by atoms with Crippen LogP contribution in [0.1, 0.15) is 27.9 Å². The maximum atomic E-state index is 5.47. The fourth-order valence-electron chi connectivity index (χ4n) is 3.06. The molecule has 7 heteroatoms. The van der Waals surface area contributed by atoms with Crippen molar-refractivity contribution in [2.45, 2.75) is 33.7 Å². The van der Waals surface area contributed by atoms with Gasteiger partial charge in [-0.25, -0.2) is 0 Å². The smallest absolute Gasteiger partial charge is 0.191 e.